The highest BCUT2D eigenvalue weighted by atomic mass is 19.4. The Morgan fingerprint density at radius 3 is 2.06 bits per heavy atom. The van der Waals surface area contributed by atoms with Crippen LogP contribution in [0.1, 0.15) is 12.8 Å². The number of carbonyl (C=O) groups excluding carboxylic acids is 1. The lowest BCUT2D eigenvalue weighted by Gasteiger charge is -2.35. The number of carboxylic acids is 1. The molecule has 0 saturated heterocycles. The predicted octanol–water partition coefficient (Wildman–Crippen LogP) is -0.750. The third-order valence-electron chi connectivity index (χ3n) is 2.81. The molecule has 0 aromatic carbocycles. The number of nitrogens with one attached hydrogen (secondary N) is 1. The maximum Gasteiger partial charge on any atom is 0.471 e. The van der Waals surface area contributed by atoms with Gasteiger partial charge in [-0.3, -0.25) is 9.59 Å². The molecule has 1 saturated carbocycles. The molecule has 1 aliphatic rings. The van der Waals surface area contributed by atoms with Crippen LogP contribution in [0.5, 0.6) is 0 Å². The number of rotatable bonds is 2. The fourth-order valence-electron chi connectivity index (χ4n) is 1.85. The topological polar surface area (TPSA) is 107 Å². The number of hydrogen-bond donors (Lipinski definition) is 4. The second-order valence-electron chi connectivity index (χ2n) is 4.13. The summed E-state index contributed by atoms with van der Waals surface area (Å²) in [5, 5.41) is 28.9. The van der Waals surface area contributed by atoms with Crippen LogP contribution in [0.3, 0.4) is 0 Å². The van der Waals surface area contributed by atoms with Crippen LogP contribution in [0, 0.1) is 5.92 Å². The second kappa shape index (κ2) is 5.11. The van der Waals surface area contributed by atoms with Crippen molar-refractivity contribution in [3.8, 4) is 0 Å². The third-order valence-corrected chi connectivity index (χ3v) is 2.81. The highest BCUT2D eigenvalue weighted by Crippen LogP contribution is 2.27. The van der Waals surface area contributed by atoms with E-state index in [-0.39, 0.29) is 0 Å². The van der Waals surface area contributed by atoms with Crippen LogP contribution in [0.25, 0.3) is 0 Å². The first-order valence-corrected chi connectivity index (χ1v) is 5.09. The van der Waals surface area contributed by atoms with Crippen LogP contribution in [0.4, 0.5) is 13.2 Å². The van der Waals surface area contributed by atoms with Gasteiger partial charge in [0, 0.05) is 6.04 Å². The van der Waals surface area contributed by atoms with Gasteiger partial charge in [-0.2, -0.15) is 13.2 Å². The van der Waals surface area contributed by atoms with Gasteiger partial charge in [0.15, 0.2) is 0 Å². The summed E-state index contributed by atoms with van der Waals surface area (Å²) in [6.07, 6.45) is -8.67. The van der Waals surface area contributed by atoms with Gasteiger partial charge in [0.1, 0.15) is 0 Å². The van der Waals surface area contributed by atoms with Crippen LogP contribution < -0.4 is 5.32 Å². The Hall–Kier alpha value is -1.35. The van der Waals surface area contributed by atoms with Crippen LogP contribution in [0.2, 0.25) is 0 Å². The van der Waals surface area contributed by atoms with Crippen molar-refractivity contribution in [2.24, 2.45) is 5.92 Å². The van der Waals surface area contributed by atoms with Gasteiger partial charge < -0.3 is 20.6 Å². The van der Waals surface area contributed by atoms with Gasteiger partial charge in [0.25, 0.3) is 0 Å². The van der Waals surface area contributed by atoms with E-state index in [0.717, 1.165) is 0 Å². The number of aliphatic hydroxyl groups is 2. The zero-order valence-corrected chi connectivity index (χ0v) is 9.02. The minimum atomic E-state index is -5.12. The number of hydrogen-bond acceptors (Lipinski definition) is 4. The van der Waals surface area contributed by atoms with Crippen molar-refractivity contribution >= 4 is 11.9 Å². The second-order valence-corrected chi connectivity index (χ2v) is 4.13. The molecule has 4 N–H and O–H groups in total. The summed E-state index contributed by atoms with van der Waals surface area (Å²) in [5.74, 6) is -5.06. The molecule has 1 rings (SSSR count). The Kier molecular flexibility index (Phi) is 4.17. The number of halogens is 3. The SMILES string of the molecule is O=C(O)[C@H]1C[C@H](O)[C@H](O)C[C@H]1NC(=O)C(F)(F)F. The van der Waals surface area contributed by atoms with E-state index in [4.69, 9.17) is 5.11 Å². The standard InChI is InChI=1S/C9H12F3NO5/c10-9(11,12)8(18)13-4-2-6(15)5(14)1-3(4)7(16)17/h3-6,14-15H,1-2H2,(H,13,18)(H,16,17)/t3-,4+,5-,6+/m0/s1. The van der Waals surface area contributed by atoms with E-state index < -0.39 is 55.1 Å². The minimum Gasteiger partial charge on any atom is -0.481 e. The maximum absolute atomic E-state index is 12.0. The number of carbonyl (C=O) groups is 2. The van der Waals surface area contributed by atoms with Gasteiger partial charge in [-0.05, 0) is 12.8 Å². The normalized spacial score (nSPS) is 32.9. The van der Waals surface area contributed by atoms with Gasteiger partial charge in [0.05, 0.1) is 18.1 Å². The number of carboxylic acid groups (broad SMARTS) is 1. The molecule has 0 heterocycles. The first kappa shape index (κ1) is 14.7. The van der Waals surface area contributed by atoms with Crippen molar-refractivity contribution in [2.45, 2.75) is 37.3 Å². The van der Waals surface area contributed by atoms with Crippen molar-refractivity contribution in [3.05, 3.63) is 0 Å². The molecular formula is C9H12F3NO5. The molecule has 0 radical (unpaired) electrons. The quantitative estimate of drug-likeness (QED) is 0.528. The maximum atomic E-state index is 12.0. The molecule has 0 unspecified atom stereocenters. The molecule has 0 aliphatic heterocycles. The van der Waals surface area contributed by atoms with Crippen molar-refractivity contribution < 1.29 is 38.1 Å². The summed E-state index contributed by atoms with van der Waals surface area (Å²) in [4.78, 5) is 21.5. The fourth-order valence-corrected chi connectivity index (χ4v) is 1.85. The van der Waals surface area contributed by atoms with E-state index in [1.165, 1.54) is 5.32 Å². The van der Waals surface area contributed by atoms with E-state index in [9.17, 15) is 33.0 Å². The molecule has 0 aromatic rings. The minimum absolute atomic E-state index is 0.417. The molecule has 104 valence electrons. The van der Waals surface area contributed by atoms with Crippen molar-refractivity contribution in [3.63, 3.8) is 0 Å². The molecule has 0 aromatic heterocycles. The zero-order chi connectivity index (χ0) is 14.1. The van der Waals surface area contributed by atoms with Gasteiger partial charge >= 0.3 is 18.1 Å². The predicted molar refractivity (Wildman–Crippen MR) is 50.4 cm³/mol. The van der Waals surface area contributed by atoms with E-state index >= 15 is 0 Å². The lowest BCUT2D eigenvalue weighted by atomic mass is 9.81. The molecule has 18 heavy (non-hydrogen) atoms. The van der Waals surface area contributed by atoms with E-state index in [2.05, 4.69) is 0 Å². The average Bonchev–Trinajstić information content (AvgIpc) is 2.21. The summed E-state index contributed by atoms with van der Waals surface area (Å²) >= 11 is 0. The Bertz CT molecular complexity index is 346. The van der Waals surface area contributed by atoms with E-state index in [0.29, 0.717) is 0 Å². The highest BCUT2D eigenvalue weighted by Gasteiger charge is 2.45. The van der Waals surface area contributed by atoms with Crippen LogP contribution in [-0.4, -0.2) is 51.6 Å². The Labute approximate surface area is 99.4 Å². The van der Waals surface area contributed by atoms with Gasteiger partial charge in [-0.25, -0.2) is 0 Å². The molecule has 1 aliphatic carbocycles. The van der Waals surface area contributed by atoms with Crippen molar-refractivity contribution in [1.29, 1.82) is 0 Å². The van der Waals surface area contributed by atoms with Crippen LogP contribution >= 0.6 is 0 Å². The van der Waals surface area contributed by atoms with Gasteiger partial charge in [-0.15, -0.1) is 0 Å². The lowest BCUT2D eigenvalue weighted by Crippen LogP contribution is -2.54. The lowest BCUT2D eigenvalue weighted by molar-refractivity contribution is -0.176. The summed E-state index contributed by atoms with van der Waals surface area (Å²) in [6.45, 7) is 0. The molecule has 0 bridgehead atoms. The summed E-state index contributed by atoms with van der Waals surface area (Å²) in [7, 11) is 0. The first-order chi connectivity index (χ1) is 8.12. The van der Waals surface area contributed by atoms with Gasteiger partial charge in [-0.1, -0.05) is 0 Å². The Balaban J connectivity index is 2.77. The summed E-state index contributed by atoms with van der Waals surface area (Å²) in [5.41, 5.74) is 0. The molecule has 0 spiro atoms. The molecule has 1 fully saturated rings. The first-order valence-electron chi connectivity index (χ1n) is 5.09. The molecule has 6 nitrogen and oxygen atoms in total. The molecule has 9 heteroatoms. The Morgan fingerprint density at radius 2 is 1.61 bits per heavy atom. The van der Waals surface area contributed by atoms with E-state index in [1.807, 2.05) is 0 Å². The number of aliphatic hydroxyl groups excluding tert-OH is 2. The van der Waals surface area contributed by atoms with Crippen molar-refractivity contribution in [2.75, 3.05) is 0 Å². The van der Waals surface area contributed by atoms with Crippen LogP contribution in [0.15, 0.2) is 0 Å². The number of aliphatic carboxylic acids is 1. The largest absolute Gasteiger partial charge is 0.481 e. The number of alkyl halides is 3. The van der Waals surface area contributed by atoms with Gasteiger partial charge in [0.2, 0.25) is 0 Å². The summed E-state index contributed by atoms with van der Waals surface area (Å²) in [6, 6.07) is -1.37. The third kappa shape index (κ3) is 3.33. The zero-order valence-electron chi connectivity index (χ0n) is 9.02. The average molecular weight is 271 g/mol. The highest BCUT2D eigenvalue weighted by molar-refractivity contribution is 5.83. The molecule has 4 atom stereocenters. The molecule has 1 amide bonds. The summed E-state index contributed by atoms with van der Waals surface area (Å²) < 4.78 is 36.1. The fraction of sp³-hybridized carbons (Fsp3) is 0.778. The Morgan fingerprint density at radius 1 is 1.11 bits per heavy atom. The number of amides is 1. The van der Waals surface area contributed by atoms with E-state index in [1.54, 1.807) is 0 Å². The molecular weight excluding hydrogens is 259 g/mol. The van der Waals surface area contributed by atoms with Crippen molar-refractivity contribution in [1.82, 2.24) is 5.32 Å². The van der Waals surface area contributed by atoms with Crippen LogP contribution in [-0.2, 0) is 9.59 Å². The smallest absolute Gasteiger partial charge is 0.471 e. The monoisotopic (exact) mass is 271 g/mol.